The molecule has 3 aromatic rings. The van der Waals surface area contributed by atoms with E-state index in [0.29, 0.717) is 30.0 Å². The molecule has 0 radical (unpaired) electrons. The van der Waals surface area contributed by atoms with E-state index in [1.807, 2.05) is 13.8 Å². The number of nitrogens with zero attached hydrogens (tertiary/aromatic N) is 2. The minimum atomic E-state index is -4.04. The molecule has 1 amide bonds. The van der Waals surface area contributed by atoms with Crippen LogP contribution in [-0.4, -0.2) is 38.8 Å². The Balaban J connectivity index is 1.77. The second kappa shape index (κ2) is 11.3. The molecule has 0 saturated heterocycles. The van der Waals surface area contributed by atoms with Crippen LogP contribution >= 0.6 is 0 Å². The number of hydrogen-bond donors (Lipinski definition) is 2. The zero-order valence-electron chi connectivity index (χ0n) is 19.0. The molecular weight excluding hydrogens is 454 g/mol. The van der Waals surface area contributed by atoms with Crippen LogP contribution in [-0.2, 0) is 21.2 Å². The fourth-order valence-electron chi connectivity index (χ4n) is 3.14. The summed E-state index contributed by atoms with van der Waals surface area (Å²) in [6.45, 7) is 3.73. The molecular formula is C25H27N3O5S. The maximum absolute atomic E-state index is 13.4. The van der Waals surface area contributed by atoms with Crippen molar-refractivity contribution in [1.29, 1.82) is 0 Å². The van der Waals surface area contributed by atoms with Crippen molar-refractivity contribution in [3.05, 3.63) is 83.9 Å². The van der Waals surface area contributed by atoms with E-state index in [2.05, 4.69) is 10.5 Å². The maximum Gasteiger partial charge on any atom is 0.264 e. The largest absolute Gasteiger partial charge is 0.508 e. The number of aromatic hydroxyl groups is 1. The van der Waals surface area contributed by atoms with E-state index in [4.69, 9.17) is 4.74 Å². The molecule has 0 unspecified atom stereocenters. The van der Waals surface area contributed by atoms with E-state index in [1.165, 1.54) is 18.3 Å². The molecule has 8 nitrogen and oxygen atoms in total. The molecule has 2 N–H and O–H groups in total. The van der Waals surface area contributed by atoms with E-state index in [9.17, 15) is 18.3 Å². The minimum Gasteiger partial charge on any atom is -0.508 e. The topological polar surface area (TPSA) is 108 Å². The van der Waals surface area contributed by atoms with Gasteiger partial charge in [-0.05, 0) is 61.9 Å². The van der Waals surface area contributed by atoms with E-state index in [1.54, 1.807) is 60.7 Å². The average molecular weight is 482 g/mol. The van der Waals surface area contributed by atoms with Crippen molar-refractivity contribution in [2.75, 3.05) is 17.5 Å². The quantitative estimate of drug-likeness (QED) is 0.340. The number of phenolic OH excluding ortho intramolecular Hbond substituents is 1. The van der Waals surface area contributed by atoms with Crippen LogP contribution in [0.1, 0.15) is 18.1 Å². The molecule has 0 aromatic heterocycles. The summed E-state index contributed by atoms with van der Waals surface area (Å²) in [6.07, 6.45) is 1.74. The highest BCUT2D eigenvalue weighted by Gasteiger charge is 2.27. The number of hydrazone groups is 1. The first kappa shape index (κ1) is 24.8. The molecule has 0 heterocycles. The van der Waals surface area contributed by atoms with E-state index in [-0.39, 0.29) is 10.6 Å². The molecule has 0 aliphatic heterocycles. The lowest BCUT2D eigenvalue weighted by Crippen LogP contribution is -2.39. The van der Waals surface area contributed by atoms with Crippen LogP contribution in [0.2, 0.25) is 0 Å². The highest BCUT2D eigenvalue weighted by Crippen LogP contribution is 2.25. The third kappa shape index (κ3) is 6.35. The number of benzene rings is 3. The van der Waals surface area contributed by atoms with E-state index in [0.717, 1.165) is 9.87 Å². The van der Waals surface area contributed by atoms with Crippen LogP contribution in [0.3, 0.4) is 0 Å². The van der Waals surface area contributed by atoms with Crippen molar-refractivity contribution in [1.82, 2.24) is 5.43 Å². The maximum atomic E-state index is 13.4. The fraction of sp³-hybridized carbons (Fsp3) is 0.200. The van der Waals surface area contributed by atoms with Crippen molar-refractivity contribution < 1.29 is 23.1 Å². The first-order valence-corrected chi connectivity index (χ1v) is 12.1. The predicted molar refractivity (Wildman–Crippen MR) is 132 cm³/mol. The summed E-state index contributed by atoms with van der Waals surface area (Å²) in [6, 6.07) is 19.7. The van der Waals surface area contributed by atoms with Crippen molar-refractivity contribution in [3.8, 4) is 11.5 Å². The Morgan fingerprint density at radius 1 is 1.06 bits per heavy atom. The number of anilines is 1. The van der Waals surface area contributed by atoms with Gasteiger partial charge < -0.3 is 9.84 Å². The standard InChI is InChI=1S/C25H27N3O5S/c1-3-33-22-12-14-23(15-13-22)34(31,32)28(21-10-8-19(2)9-11-21)18-25(30)27-26-17-16-20-6-4-5-7-24(20)29/h4-15,17,29H,3,16,18H2,1-2H3,(H,27,30). The molecule has 0 aliphatic carbocycles. The van der Waals surface area contributed by atoms with Gasteiger partial charge in [0.2, 0.25) is 0 Å². The van der Waals surface area contributed by atoms with Gasteiger partial charge in [-0.1, -0.05) is 35.9 Å². The van der Waals surface area contributed by atoms with Crippen molar-refractivity contribution in [2.45, 2.75) is 25.2 Å². The number of carbonyl (C=O) groups excluding carboxylic acids is 1. The zero-order valence-corrected chi connectivity index (χ0v) is 19.8. The molecule has 3 rings (SSSR count). The summed E-state index contributed by atoms with van der Waals surface area (Å²) in [5, 5.41) is 13.7. The Morgan fingerprint density at radius 2 is 1.74 bits per heavy atom. The molecule has 0 atom stereocenters. The van der Waals surface area contributed by atoms with Gasteiger partial charge in [0.1, 0.15) is 18.0 Å². The highest BCUT2D eigenvalue weighted by molar-refractivity contribution is 7.92. The fourth-order valence-corrected chi connectivity index (χ4v) is 4.56. The lowest BCUT2D eigenvalue weighted by molar-refractivity contribution is -0.119. The summed E-state index contributed by atoms with van der Waals surface area (Å²) >= 11 is 0. The number of carbonyl (C=O) groups is 1. The van der Waals surface area contributed by atoms with Crippen LogP contribution in [0.15, 0.2) is 82.8 Å². The number of phenols is 1. The number of para-hydroxylation sites is 1. The third-order valence-corrected chi connectivity index (χ3v) is 6.70. The SMILES string of the molecule is CCOc1ccc(S(=O)(=O)N(CC(=O)NN=CCc2ccccc2O)c2ccc(C)cc2)cc1. The number of hydrogen-bond acceptors (Lipinski definition) is 6. The molecule has 34 heavy (non-hydrogen) atoms. The Labute approximate surface area is 199 Å². The van der Waals surface area contributed by atoms with Crippen LogP contribution in [0.25, 0.3) is 0 Å². The molecule has 3 aromatic carbocycles. The van der Waals surface area contributed by atoms with Crippen molar-refractivity contribution in [3.63, 3.8) is 0 Å². The summed E-state index contributed by atoms with van der Waals surface area (Å²) in [5.74, 6) is 0.0794. The summed E-state index contributed by atoms with van der Waals surface area (Å²) in [4.78, 5) is 12.6. The van der Waals surface area contributed by atoms with Gasteiger partial charge in [-0.25, -0.2) is 13.8 Å². The van der Waals surface area contributed by atoms with Gasteiger partial charge in [0.15, 0.2) is 0 Å². The number of nitrogens with one attached hydrogen (secondary N) is 1. The molecule has 0 spiro atoms. The normalized spacial score (nSPS) is 11.4. The van der Waals surface area contributed by atoms with Crippen molar-refractivity contribution in [2.24, 2.45) is 5.10 Å². The molecule has 0 bridgehead atoms. The number of sulfonamides is 1. The second-order valence-corrected chi connectivity index (χ2v) is 9.29. The van der Waals surface area contributed by atoms with Crippen molar-refractivity contribution >= 4 is 27.8 Å². The van der Waals surface area contributed by atoms with Gasteiger partial charge in [-0.3, -0.25) is 9.10 Å². The van der Waals surface area contributed by atoms with Crippen LogP contribution in [0.4, 0.5) is 5.69 Å². The van der Waals surface area contributed by atoms with Gasteiger partial charge in [-0.2, -0.15) is 5.10 Å². The predicted octanol–water partition coefficient (Wildman–Crippen LogP) is 3.64. The van der Waals surface area contributed by atoms with Crippen LogP contribution < -0.4 is 14.5 Å². The Bertz CT molecular complexity index is 1240. The monoisotopic (exact) mass is 481 g/mol. The summed E-state index contributed by atoms with van der Waals surface area (Å²) < 4.78 is 33.3. The van der Waals surface area contributed by atoms with Gasteiger partial charge in [0.25, 0.3) is 15.9 Å². The van der Waals surface area contributed by atoms with Gasteiger partial charge in [0, 0.05) is 12.6 Å². The van der Waals surface area contributed by atoms with E-state index < -0.39 is 22.5 Å². The van der Waals surface area contributed by atoms with Gasteiger partial charge in [-0.15, -0.1) is 0 Å². The molecule has 0 saturated carbocycles. The summed E-state index contributed by atoms with van der Waals surface area (Å²) in [5.41, 5.74) is 4.32. The second-order valence-electron chi connectivity index (χ2n) is 7.43. The number of aryl methyl sites for hydroxylation is 1. The smallest absolute Gasteiger partial charge is 0.264 e. The van der Waals surface area contributed by atoms with E-state index >= 15 is 0 Å². The minimum absolute atomic E-state index is 0.0346. The van der Waals surface area contributed by atoms with Crippen LogP contribution in [0, 0.1) is 6.92 Å². The first-order chi connectivity index (χ1) is 16.3. The highest BCUT2D eigenvalue weighted by atomic mass is 32.2. The first-order valence-electron chi connectivity index (χ1n) is 10.7. The third-order valence-electron chi connectivity index (χ3n) is 4.92. The lowest BCUT2D eigenvalue weighted by atomic mass is 10.1. The van der Waals surface area contributed by atoms with Gasteiger partial charge >= 0.3 is 0 Å². The Morgan fingerprint density at radius 3 is 2.38 bits per heavy atom. The molecule has 0 fully saturated rings. The Hall–Kier alpha value is -3.85. The molecule has 178 valence electrons. The Kier molecular flexibility index (Phi) is 8.26. The number of ether oxygens (including phenoxy) is 1. The lowest BCUT2D eigenvalue weighted by Gasteiger charge is -2.24. The van der Waals surface area contributed by atoms with Gasteiger partial charge in [0.05, 0.1) is 17.2 Å². The molecule has 0 aliphatic rings. The number of rotatable bonds is 10. The average Bonchev–Trinajstić information content (AvgIpc) is 2.82. The van der Waals surface area contributed by atoms with Crippen LogP contribution in [0.5, 0.6) is 11.5 Å². The zero-order chi connectivity index (χ0) is 24.6. The molecule has 9 heteroatoms. The number of amides is 1. The summed E-state index contributed by atoms with van der Waals surface area (Å²) in [7, 11) is -4.04.